The maximum Gasteiger partial charge on any atom is 0.306 e. The highest BCUT2D eigenvalue weighted by Crippen LogP contribution is 2.25. The van der Waals surface area contributed by atoms with Crippen molar-refractivity contribution >= 4 is 17.8 Å². The number of ether oxygens (including phenoxy) is 2. The van der Waals surface area contributed by atoms with Crippen LogP contribution in [-0.4, -0.2) is 71.1 Å². The average Bonchev–Trinajstić information content (AvgIpc) is 3.40. The summed E-state index contributed by atoms with van der Waals surface area (Å²) in [5.74, 6) is -1.01. The van der Waals surface area contributed by atoms with Gasteiger partial charge in [-0.1, -0.05) is 31.4 Å². The zero-order valence-corrected chi connectivity index (χ0v) is 24.0. The van der Waals surface area contributed by atoms with Gasteiger partial charge in [0.25, 0.3) is 0 Å². The van der Waals surface area contributed by atoms with Gasteiger partial charge >= 0.3 is 5.97 Å². The molecule has 1 saturated carbocycles. The van der Waals surface area contributed by atoms with Gasteiger partial charge in [-0.2, -0.15) is 0 Å². The average molecular weight is 558 g/mol. The predicted octanol–water partition coefficient (Wildman–Crippen LogP) is 4.94. The van der Waals surface area contributed by atoms with Crippen LogP contribution in [0, 0.1) is 5.82 Å². The molecule has 9 heteroatoms. The lowest BCUT2D eigenvalue weighted by Gasteiger charge is -2.36. The van der Waals surface area contributed by atoms with Gasteiger partial charge in [-0.25, -0.2) is 4.39 Å². The largest absolute Gasteiger partial charge is 0.466 e. The predicted molar refractivity (Wildman–Crippen MR) is 151 cm³/mol. The van der Waals surface area contributed by atoms with Crippen molar-refractivity contribution in [3.63, 3.8) is 0 Å². The van der Waals surface area contributed by atoms with Crippen LogP contribution in [0.5, 0.6) is 0 Å². The van der Waals surface area contributed by atoms with Crippen molar-refractivity contribution in [2.75, 3.05) is 32.9 Å². The van der Waals surface area contributed by atoms with Crippen molar-refractivity contribution in [1.82, 2.24) is 14.4 Å². The Bertz CT molecular complexity index is 1070. The van der Waals surface area contributed by atoms with E-state index in [4.69, 9.17) is 9.47 Å². The van der Waals surface area contributed by atoms with Crippen LogP contribution < -0.4 is 0 Å². The van der Waals surface area contributed by atoms with E-state index < -0.39 is 5.97 Å². The molecule has 0 N–H and O–H groups in total. The number of carbonyl (C=O) groups excluding carboxylic acids is 3. The van der Waals surface area contributed by atoms with Crippen LogP contribution >= 0.6 is 0 Å². The first kappa shape index (κ1) is 31.3. The number of halogens is 1. The second kappa shape index (κ2) is 16.8. The topological polar surface area (TPSA) is 81.1 Å². The Morgan fingerprint density at radius 3 is 2.42 bits per heavy atom. The Morgan fingerprint density at radius 2 is 1.73 bits per heavy atom. The summed E-state index contributed by atoms with van der Waals surface area (Å²) in [6.45, 7) is 6.35. The van der Waals surface area contributed by atoms with Crippen molar-refractivity contribution in [2.24, 2.45) is 0 Å². The molecule has 1 fully saturated rings. The molecule has 40 heavy (non-hydrogen) atoms. The molecule has 1 aromatic carbocycles. The summed E-state index contributed by atoms with van der Waals surface area (Å²) in [7, 11) is 0. The van der Waals surface area contributed by atoms with Crippen LogP contribution in [0.1, 0.15) is 76.5 Å². The highest BCUT2D eigenvalue weighted by Gasteiger charge is 2.29. The maximum atomic E-state index is 13.9. The highest BCUT2D eigenvalue weighted by molar-refractivity contribution is 5.86. The maximum absolute atomic E-state index is 13.9. The standard InChI is InChI=1S/C31H44FN3O5/c1-3-39-21-9-20-34(29(36)17-18-31(38)40-4-2)24-30(37)35(27-10-6-5-7-11-27)23-28-12-8-19-33(28)22-25-13-15-26(32)16-14-25/h8,12-16,19,27H,3-7,9-11,17-18,20-24H2,1-2H3. The fraction of sp³-hybridized carbons (Fsp3) is 0.581. The summed E-state index contributed by atoms with van der Waals surface area (Å²) >= 11 is 0. The number of hydrogen-bond donors (Lipinski definition) is 0. The van der Waals surface area contributed by atoms with Crippen molar-refractivity contribution in [3.05, 3.63) is 59.7 Å². The van der Waals surface area contributed by atoms with Gasteiger partial charge in [0.15, 0.2) is 0 Å². The monoisotopic (exact) mass is 557 g/mol. The summed E-state index contributed by atoms with van der Waals surface area (Å²) in [5, 5.41) is 0. The third-order valence-electron chi connectivity index (χ3n) is 7.31. The summed E-state index contributed by atoms with van der Waals surface area (Å²) in [6.07, 6.45) is 7.75. The fourth-order valence-electron chi connectivity index (χ4n) is 5.17. The number of carbonyl (C=O) groups is 3. The normalized spacial score (nSPS) is 13.7. The molecule has 1 aliphatic carbocycles. The Hall–Kier alpha value is -3.20. The van der Waals surface area contributed by atoms with Crippen LogP contribution in [0.2, 0.25) is 0 Å². The third kappa shape index (κ3) is 10.1. The van der Waals surface area contributed by atoms with Gasteiger partial charge in [0.1, 0.15) is 5.82 Å². The molecule has 2 aromatic rings. The van der Waals surface area contributed by atoms with E-state index in [1.54, 1.807) is 24.0 Å². The number of hydrogen-bond acceptors (Lipinski definition) is 5. The van der Waals surface area contributed by atoms with E-state index >= 15 is 0 Å². The smallest absolute Gasteiger partial charge is 0.306 e. The number of rotatable bonds is 16. The van der Waals surface area contributed by atoms with E-state index in [0.29, 0.717) is 39.3 Å². The number of esters is 1. The Labute approximate surface area is 237 Å². The van der Waals surface area contributed by atoms with E-state index in [0.717, 1.165) is 43.4 Å². The lowest BCUT2D eigenvalue weighted by atomic mass is 9.94. The molecule has 220 valence electrons. The number of benzene rings is 1. The summed E-state index contributed by atoms with van der Waals surface area (Å²) in [6, 6.07) is 10.5. The molecule has 0 spiro atoms. The molecule has 1 heterocycles. The molecule has 1 aliphatic rings. The second-order valence-electron chi connectivity index (χ2n) is 10.2. The van der Waals surface area contributed by atoms with Crippen LogP contribution in [0.4, 0.5) is 4.39 Å². The number of aromatic nitrogens is 1. The first-order valence-corrected chi connectivity index (χ1v) is 14.6. The minimum absolute atomic E-state index is 0.00466. The van der Waals surface area contributed by atoms with Crippen LogP contribution in [0.25, 0.3) is 0 Å². The summed E-state index contributed by atoms with van der Waals surface area (Å²) in [4.78, 5) is 42.4. The lowest BCUT2D eigenvalue weighted by molar-refractivity contribution is -0.147. The van der Waals surface area contributed by atoms with Crippen LogP contribution in [-0.2, 0) is 36.9 Å². The zero-order chi connectivity index (χ0) is 28.7. The zero-order valence-electron chi connectivity index (χ0n) is 24.0. The third-order valence-corrected chi connectivity index (χ3v) is 7.31. The molecule has 3 rings (SSSR count). The molecule has 0 radical (unpaired) electrons. The molecule has 0 aliphatic heterocycles. The Balaban J connectivity index is 1.74. The molecular formula is C31H44FN3O5. The van der Waals surface area contributed by atoms with Crippen molar-refractivity contribution in [2.45, 2.75) is 84.3 Å². The number of nitrogens with zero attached hydrogens (tertiary/aromatic N) is 3. The molecule has 2 amide bonds. The van der Waals surface area contributed by atoms with Gasteiger partial charge in [0.2, 0.25) is 11.8 Å². The van der Waals surface area contributed by atoms with Gasteiger partial charge in [-0.3, -0.25) is 14.4 Å². The molecule has 1 aromatic heterocycles. The first-order valence-electron chi connectivity index (χ1n) is 14.6. The van der Waals surface area contributed by atoms with Crippen molar-refractivity contribution < 1.29 is 28.2 Å². The summed E-state index contributed by atoms with van der Waals surface area (Å²) < 4.78 is 25.9. The molecule has 0 unspecified atom stereocenters. The fourth-order valence-corrected chi connectivity index (χ4v) is 5.17. The molecule has 0 saturated heterocycles. The minimum Gasteiger partial charge on any atom is -0.466 e. The van der Waals surface area contributed by atoms with Gasteiger partial charge in [-0.15, -0.1) is 0 Å². The summed E-state index contributed by atoms with van der Waals surface area (Å²) in [5.41, 5.74) is 1.96. The lowest BCUT2D eigenvalue weighted by Crippen LogP contribution is -2.48. The Morgan fingerprint density at radius 1 is 0.975 bits per heavy atom. The van der Waals surface area contributed by atoms with Gasteiger partial charge in [-0.05, 0) is 62.9 Å². The van der Waals surface area contributed by atoms with E-state index in [9.17, 15) is 18.8 Å². The molecule has 8 nitrogen and oxygen atoms in total. The van der Waals surface area contributed by atoms with Gasteiger partial charge < -0.3 is 23.8 Å². The van der Waals surface area contributed by atoms with Gasteiger partial charge in [0.05, 0.1) is 26.1 Å². The quantitative estimate of drug-likeness (QED) is 0.216. The first-order chi connectivity index (χ1) is 19.4. The SMILES string of the molecule is CCOCCCN(CC(=O)N(Cc1cccn1Cc1ccc(F)cc1)C1CCCCC1)C(=O)CCC(=O)OCC. The minimum atomic E-state index is -0.415. The van der Waals surface area contributed by atoms with Gasteiger partial charge in [0, 0.05) is 50.7 Å². The molecular weight excluding hydrogens is 513 g/mol. The van der Waals surface area contributed by atoms with E-state index in [2.05, 4.69) is 4.57 Å². The second-order valence-corrected chi connectivity index (χ2v) is 10.2. The van der Waals surface area contributed by atoms with Crippen LogP contribution in [0.3, 0.4) is 0 Å². The van der Waals surface area contributed by atoms with E-state index in [1.165, 1.54) is 12.1 Å². The Kier molecular flexibility index (Phi) is 13.2. The number of amides is 2. The van der Waals surface area contributed by atoms with E-state index in [1.807, 2.05) is 30.2 Å². The van der Waals surface area contributed by atoms with Crippen molar-refractivity contribution in [3.8, 4) is 0 Å². The van der Waals surface area contributed by atoms with E-state index in [-0.39, 0.29) is 49.7 Å². The highest BCUT2D eigenvalue weighted by atomic mass is 19.1. The van der Waals surface area contributed by atoms with Crippen molar-refractivity contribution in [1.29, 1.82) is 0 Å². The molecule has 0 atom stereocenters. The van der Waals surface area contributed by atoms with Crippen LogP contribution in [0.15, 0.2) is 42.6 Å². The molecule has 0 bridgehead atoms.